The molecule has 5 heteroatoms. The first-order valence-electron chi connectivity index (χ1n) is 4.18. The zero-order chi connectivity index (χ0) is 9.42. The SMILES string of the molecule is Cl.N=C(N)c1ncc(C2CC2)cc1F. The van der Waals surface area contributed by atoms with Crippen LogP contribution >= 0.6 is 12.4 Å². The molecule has 0 atom stereocenters. The topological polar surface area (TPSA) is 62.8 Å². The van der Waals surface area contributed by atoms with Crippen molar-refractivity contribution in [3.63, 3.8) is 0 Å². The Bertz CT molecular complexity index is 363. The molecule has 0 aromatic carbocycles. The van der Waals surface area contributed by atoms with E-state index in [1.54, 1.807) is 6.20 Å². The zero-order valence-electron chi connectivity index (χ0n) is 7.46. The molecule has 0 bridgehead atoms. The van der Waals surface area contributed by atoms with Gasteiger partial charge in [-0.25, -0.2) is 9.37 Å². The number of nitrogens with one attached hydrogen (secondary N) is 1. The predicted molar refractivity (Wildman–Crippen MR) is 54.4 cm³/mol. The van der Waals surface area contributed by atoms with Crippen LogP contribution < -0.4 is 5.73 Å². The van der Waals surface area contributed by atoms with Gasteiger partial charge < -0.3 is 5.73 Å². The summed E-state index contributed by atoms with van der Waals surface area (Å²) in [6, 6.07) is 1.43. The maximum absolute atomic E-state index is 13.2. The molecule has 0 saturated heterocycles. The molecule has 1 aromatic heterocycles. The van der Waals surface area contributed by atoms with Crippen LogP contribution in [0.5, 0.6) is 0 Å². The molecule has 0 radical (unpaired) electrons. The van der Waals surface area contributed by atoms with Gasteiger partial charge in [-0.15, -0.1) is 12.4 Å². The summed E-state index contributed by atoms with van der Waals surface area (Å²) in [4.78, 5) is 3.81. The van der Waals surface area contributed by atoms with E-state index < -0.39 is 5.82 Å². The number of nitrogens with zero attached hydrogens (tertiary/aromatic N) is 1. The molecule has 76 valence electrons. The van der Waals surface area contributed by atoms with Crippen molar-refractivity contribution in [1.82, 2.24) is 4.98 Å². The van der Waals surface area contributed by atoms with Crippen LogP contribution in [0.1, 0.15) is 30.0 Å². The number of nitrogens with two attached hydrogens (primary N) is 1. The number of aromatic nitrogens is 1. The highest BCUT2D eigenvalue weighted by Crippen LogP contribution is 2.39. The molecule has 1 aromatic rings. The molecule has 0 amide bonds. The number of amidine groups is 1. The molecule has 1 aliphatic carbocycles. The van der Waals surface area contributed by atoms with Crippen molar-refractivity contribution in [2.75, 3.05) is 0 Å². The largest absolute Gasteiger partial charge is 0.382 e. The van der Waals surface area contributed by atoms with E-state index in [2.05, 4.69) is 4.98 Å². The smallest absolute Gasteiger partial charge is 0.152 e. The van der Waals surface area contributed by atoms with E-state index in [9.17, 15) is 4.39 Å². The van der Waals surface area contributed by atoms with Gasteiger partial charge in [0.2, 0.25) is 0 Å². The third-order valence-corrected chi connectivity index (χ3v) is 2.17. The van der Waals surface area contributed by atoms with E-state index in [4.69, 9.17) is 11.1 Å². The second-order valence-electron chi connectivity index (χ2n) is 3.29. The fourth-order valence-corrected chi connectivity index (χ4v) is 1.29. The van der Waals surface area contributed by atoms with Crippen LogP contribution in [0.4, 0.5) is 4.39 Å². The van der Waals surface area contributed by atoms with Gasteiger partial charge in [0.05, 0.1) is 0 Å². The first kappa shape index (κ1) is 10.9. The minimum Gasteiger partial charge on any atom is -0.382 e. The molecular formula is C9H11ClFN3. The Kier molecular flexibility index (Phi) is 3.06. The van der Waals surface area contributed by atoms with Crippen molar-refractivity contribution >= 4 is 18.2 Å². The molecule has 1 aliphatic rings. The van der Waals surface area contributed by atoms with Gasteiger partial charge in [-0.3, -0.25) is 5.41 Å². The minimum absolute atomic E-state index is 0. The highest BCUT2D eigenvalue weighted by atomic mass is 35.5. The highest BCUT2D eigenvalue weighted by molar-refractivity contribution is 5.93. The van der Waals surface area contributed by atoms with Crippen molar-refractivity contribution in [1.29, 1.82) is 5.41 Å². The molecule has 0 unspecified atom stereocenters. The molecule has 0 spiro atoms. The summed E-state index contributed by atoms with van der Waals surface area (Å²) >= 11 is 0. The van der Waals surface area contributed by atoms with Gasteiger partial charge in [0.25, 0.3) is 0 Å². The van der Waals surface area contributed by atoms with Crippen LogP contribution in [-0.2, 0) is 0 Å². The van der Waals surface area contributed by atoms with E-state index in [1.807, 2.05) is 0 Å². The maximum atomic E-state index is 13.2. The van der Waals surface area contributed by atoms with Crippen LogP contribution in [-0.4, -0.2) is 10.8 Å². The molecule has 1 saturated carbocycles. The molecular weight excluding hydrogens is 205 g/mol. The maximum Gasteiger partial charge on any atom is 0.152 e. The van der Waals surface area contributed by atoms with E-state index in [-0.39, 0.29) is 23.9 Å². The second kappa shape index (κ2) is 3.92. The highest BCUT2D eigenvalue weighted by Gasteiger charge is 2.24. The molecule has 1 fully saturated rings. The summed E-state index contributed by atoms with van der Waals surface area (Å²) < 4.78 is 13.2. The summed E-state index contributed by atoms with van der Waals surface area (Å²) in [6.07, 6.45) is 3.83. The summed E-state index contributed by atoms with van der Waals surface area (Å²) in [5, 5.41) is 7.04. The van der Waals surface area contributed by atoms with Crippen LogP contribution in [0.15, 0.2) is 12.3 Å². The quantitative estimate of drug-likeness (QED) is 0.584. The lowest BCUT2D eigenvalue weighted by atomic mass is 10.1. The van der Waals surface area contributed by atoms with Gasteiger partial charge >= 0.3 is 0 Å². The summed E-state index contributed by atoms with van der Waals surface area (Å²) in [6.45, 7) is 0. The van der Waals surface area contributed by atoms with Crippen LogP contribution in [0.2, 0.25) is 0 Å². The van der Waals surface area contributed by atoms with Gasteiger partial charge in [-0.1, -0.05) is 0 Å². The summed E-state index contributed by atoms with van der Waals surface area (Å²) in [7, 11) is 0. The predicted octanol–water partition coefficient (Wildman–Crippen LogP) is 1.80. The summed E-state index contributed by atoms with van der Waals surface area (Å²) in [5.74, 6) is -0.334. The molecule has 1 heterocycles. The molecule has 2 rings (SSSR count). The number of nitrogen functional groups attached to an aromatic ring is 1. The standard InChI is InChI=1S/C9H10FN3.ClH/c10-7-3-6(5-1-2-5)4-13-8(7)9(11)12;/h3-5H,1-2H2,(H3,11,12);1H. The Labute approximate surface area is 87.4 Å². The Morgan fingerprint density at radius 1 is 1.57 bits per heavy atom. The lowest BCUT2D eigenvalue weighted by molar-refractivity contribution is 0.615. The minimum atomic E-state index is -0.489. The first-order valence-corrected chi connectivity index (χ1v) is 4.18. The average Bonchev–Trinajstić information content (AvgIpc) is 2.85. The number of hydrogen-bond acceptors (Lipinski definition) is 2. The second-order valence-corrected chi connectivity index (χ2v) is 3.29. The normalized spacial score (nSPS) is 14.6. The molecule has 3 nitrogen and oxygen atoms in total. The lowest BCUT2D eigenvalue weighted by Gasteiger charge is -2.01. The third kappa shape index (κ3) is 2.01. The lowest BCUT2D eigenvalue weighted by Crippen LogP contribution is -2.15. The van der Waals surface area contributed by atoms with E-state index in [0.29, 0.717) is 5.92 Å². The van der Waals surface area contributed by atoms with Crippen LogP contribution in [0.25, 0.3) is 0 Å². The Hall–Kier alpha value is -1.16. The van der Waals surface area contributed by atoms with Crippen molar-refractivity contribution < 1.29 is 4.39 Å². The average molecular weight is 216 g/mol. The van der Waals surface area contributed by atoms with Crippen molar-refractivity contribution in [2.24, 2.45) is 5.73 Å². The zero-order valence-corrected chi connectivity index (χ0v) is 8.27. The molecule has 0 aliphatic heterocycles. The molecule has 3 N–H and O–H groups in total. The van der Waals surface area contributed by atoms with Gasteiger partial charge in [-0.2, -0.15) is 0 Å². The third-order valence-electron chi connectivity index (χ3n) is 2.17. The monoisotopic (exact) mass is 215 g/mol. The Morgan fingerprint density at radius 2 is 2.21 bits per heavy atom. The molecule has 14 heavy (non-hydrogen) atoms. The summed E-state index contributed by atoms with van der Waals surface area (Å²) in [5.41, 5.74) is 6.00. The Balaban J connectivity index is 0.000000980. The van der Waals surface area contributed by atoms with Gasteiger partial charge in [0.1, 0.15) is 11.5 Å². The van der Waals surface area contributed by atoms with Gasteiger partial charge in [0.15, 0.2) is 5.82 Å². The van der Waals surface area contributed by atoms with Gasteiger partial charge in [0, 0.05) is 6.20 Å². The number of pyridine rings is 1. The number of rotatable bonds is 2. The van der Waals surface area contributed by atoms with Crippen molar-refractivity contribution in [3.05, 3.63) is 29.3 Å². The number of hydrogen-bond donors (Lipinski definition) is 2. The van der Waals surface area contributed by atoms with Gasteiger partial charge in [-0.05, 0) is 30.4 Å². The Morgan fingerprint density at radius 3 is 2.64 bits per heavy atom. The first-order chi connectivity index (χ1) is 6.18. The number of halogens is 2. The fraction of sp³-hybridized carbons (Fsp3) is 0.333. The fourth-order valence-electron chi connectivity index (χ4n) is 1.29. The van der Waals surface area contributed by atoms with Crippen molar-refractivity contribution in [3.8, 4) is 0 Å². The van der Waals surface area contributed by atoms with E-state index in [1.165, 1.54) is 6.07 Å². The van der Waals surface area contributed by atoms with E-state index >= 15 is 0 Å². The van der Waals surface area contributed by atoms with Crippen LogP contribution in [0, 0.1) is 11.2 Å². The van der Waals surface area contributed by atoms with E-state index in [0.717, 1.165) is 18.4 Å². The van der Waals surface area contributed by atoms with Crippen molar-refractivity contribution in [2.45, 2.75) is 18.8 Å². The van der Waals surface area contributed by atoms with Crippen LogP contribution in [0.3, 0.4) is 0 Å².